The Hall–Kier alpha value is -2.41. The molecular weight excluding hydrogens is 370 g/mol. The molecule has 1 aliphatic rings. The minimum absolute atomic E-state index is 0.384. The molecule has 0 amide bonds. The van der Waals surface area contributed by atoms with Gasteiger partial charge in [-0.1, -0.05) is 6.92 Å². The van der Waals surface area contributed by atoms with E-state index in [2.05, 4.69) is 21.4 Å². The summed E-state index contributed by atoms with van der Waals surface area (Å²) < 4.78 is 55.3. The minimum atomic E-state index is -4.37. The fraction of sp³-hybridized carbons (Fsp3) is 0.381. The van der Waals surface area contributed by atoms with Crippen LogP contribution in [0, 0.1) is 5.82 Å². The first-order valence-corrected chi connectivity index (χ1v) is 9.39. The molecule has 0 fully saturated rings. The van der Waals surface area contributed by atoms with Gasteiger partial charge in [-0.25, -0.2) is 4.39 Å². The van der Waals surface area contributed by atoms with Crippen LogP contribution >= 0.6 is 0 Å². The summed E-state index contributed by atoms with van der Waals surface area (Å²) in [4.78, 5) is 6.12. The van der Waals surface area contributed by atoms with Gasteiger partial charge in [0.15, 0.2) is 0 Å². The third-order valence-corrected chi connectivity index (χ3v) is 5.49. The van der Waals surface area contributed by atoms with Crippen LogP contribution in [0.25, 0.3) is 10.9 Å². The van der Waals surface area contributed by atoms with Crippen LogP contribution in [0.4, 0.5) is 17.6 Å². The number of aromatic nitrogens is 2. The number of halogens is 4. The standard InChI is InChI=1S/C21H21F4N3/c1-2-27-7-6-20-18(13-27)17-10-15(21(23,24)25)3-4-19(17)28(20)8-5-14-9-16(22)12-26-11-14/h3-4,9-12H,2,5-8,13H2,1H3. The van der Waals surface area contributed by atoms with Crippen LogP contribution < -0.4 is 0 Å². The van der Waals surface area contributed by atoms with E-state index in [4.69, 9.17) is 0 Å². The van der Waals surface area contributed by atoms with E-state index in [9.17, 15) is 17.6 Å². The molecule has 2 aromatic heterocycles. The van der Waals surface area contributed by atoms with E-state index in [0.717, 1.165) is 54.1 Å². The van der Waals surface area contributed by atoms with E-state index in [1.807, 2.05) is 0 Å². The number of hydrogen-bond donors (Lipinski definition) is 0. The van der Waals surface area contributed by atoms with Gasteiger partial charge in [0.1, 0.15) is 5.82 Å². The zero-order valence-corrected chi connectivity index (χ0v) is 15.6. The molecule has 0 unspecified atom stereocenters. The molecule has 0 aliphatic carbocycles. The predicted octanol–water partition coefficient (Wildman–Crippen LogP) is 4.81. The molecular formula is C21H21F4N3. The van der Waals surface area contributed by atoms with Crippen molar-refractivity contribution in [3.05, 3.63) is 64.9 Å². The number of hydrogen-bond acceptors (Lipinski definition) is 2. The Bertz CT molecular complexity index is 1010. The summed E-state index contributed by atoms with van der Waals surface area (Å²) in [6.45, 7) is 5.03. The Morgan fingerprint density at radius 1 is 1.14 bits per heavy atom. The minimum Gasteiger partial charge on any atom is -0.344 e. The highest BCUT2D eigenvalue weighted by atomic mass is 19.4. The fourth-order valence-corrected chi connectivity index (χ4v) is 4.04. The van der Waals surface area contributed by atoms with Gasteiger partial charge < -0.3 is 4.57 Å². The molecule has 0 N–H and O–H groups in total. The van der Waals surface area contributed by atoms with Crippen LogP contribution in [-0.4, -0.2) is 27.5 Å². The average Bonchev–Trinajstić information content (AvgIpc) is 2.98. The maximum absolute atomic E-state index is 13.4. The van der Waals surface area contributed by atoms with E-state index < -0.39 is 11.7 Å². The molecule has 0 saturated carbocycles. The zero-order chi connectivity index (χ0) is 19.9. The van der Waals surface area contributed by atoms with Crippen molar-refractivity contribution in [1.29, 1.82) is 0 Å². The van der Waals surface area contributed by atoms with E-state index in [1.54, 1.807) is 12.3 Å². The lowest BCUT2D eigenvalue weighted by molar-refractivity contribution is -0.137. The first-order valence-electron chi connectivity index (χ1n) is 9.39. The van der Waals surface area contributed by atoms with Crippen molar-refractivity contribution in [2.75, 3.05) is 13.1 Å². The molecule has 0 saturated heterocycles. The van der Waals surface area contributed by atoms with Crippen molar-refractivity contribution >= 4 is 10.9 Å². The largest absolute Gasteiger partial charge is 0.416 e. The fourth-order valence-electron chi connectivity index (χ4n) is 4.04. The first-order chi connectivity index (χ1) is 13.4. The Morgan fingerprint density at radius 3 is 2.68 bits per heavy atom. The molecule has 3 aromatic rings. The monoisotopic (exact) mass is 391 g/mol. The Balaban J connectivity index is 1.77. The van der Waals surface area contributed by atoms with Crippen LogP contribution in [0.2, 0.25) is 0 Å². The first kappa shape index (κ1) is 18.9. The summed E-state index contributed by atoms with van der Waals surface area (Å²) in [7, 11) is 0. The van der Waals surface area contributed by atoms with Gasteiger partial charge in [0.25, 0.3) is 0 Å². The van der Waals surface area contributed by atoms with Crippen LogP contribution in [0.3, 0.4) is 0 Å². The number of rotatable bonds is 4. The van der Waals surface area contributed by atoms with Gasteiger partial charge in [-0.2, -0.15) is 13.2 Å². The van der Waals surface area contributed by atoms with Gasteiger partial charge in [-0.05, 0) is 48.4 Å². The van der Waals surface area contributed by atoms with Gasteiger partial charge in [0, 0.05) is 48.8 Å². The molecule has 0 spiro atoms. The molecule has 1 aliphatic heterocycles. The topological polar surface area (TPSA) is 21.1 Å². The molecule has 3 nitrogen and oxygen atoms in total. The summed E-state index contributed by atoms with van der Waals surface area (Å²) >= 11 is 0. The Kier molecular flexibility index (Phi) is 4.87. The number of aryl methyl sites for hydroxylation is 2. The number of pyridine rings is 1. The van der Waals surface area contributed by atoms with Gasteiger partial charge >= 0.3 is 6.18 Å². The van der Waals surface area contributed by atoms with Crippen LogP contribution in [0.5, 0.6) is 0 Å². The Morgan fingerprint density at radius 2 is 1.96 bits per heavy atom. The normalized spacial score (nSPS) is 15.2. The lowest BCUT2D eigenvalue weighted by Gasteiger charge is -2.27. The summed E-state index contributed by atoms with van der Waals surface area (Å²) in [5, 5.41) is 0.667. The smallest absolute Gasteiger partial charge is 0.344 e. The SMILES string of the molecule is CCN1CCc2c(c3cc(C(F)(F)F)ccc3n2CCc2cncc(F)c2)C1. The van der Waals surface area contributed by atoms with Crippen molar-refractivity contribution < 1.29 is 17.6 Å². The van der Waals surface area contributed by atoms with Crippen molar-refractivity contribution in [2.24, 2.45) is 0 Å². The molecule has 0 atom stereocenters. The highest BCUT2D eigenvalue weighted by molar-refractivity contribution is 5.86. The van der Waals surface area contributed by atoms with Crippen molar-refractivity contribution in [1.82, 2.24) is 14.5 Å². The average molecular weight is 391 g/mol. The zero-order valence-electron chi connectivity index (χ0n) is 15.6. The molecule has 148 valence electrons. The van der Waals surface area contributed by atoms with Crippen LogP contribution in [0.1, 0.15) is 29.3 Å². The summed E-state index contributed by atoms with van der Waals surface area (Å²) in [6.07, 6.45) is -0.216. The molecule has 4 rings (SSSR count). The van der Waals surface area contributed by atoms with E-state index in [-0.39, 0.29) is 5.82 Å². The molecule has 7 heteroatoms. The molecule has 0 radical (unpaired) electrons. The number of alkyl halides is 3. The number of fused-ring (bicyclic) bond motifs is 3. The van der Waals surface area contributed by atoms with Crippen molar-refractivity contribution in [3.8, 4) is 0 Å². The van der Waals surface area contributed by atoms with E-state index >= 15 is 0 Å². The third kappa shape index (κ3) is 3.51. The summed E-state index contributed by atoms with van der Waals surface area (Å²) in [5.74, 6) is -0.384. The number of likely N-dealkylation sites (N-methyl/N-ethyl adjacent to an activating group) is 1. The molecule has 28 heavy (non-hydrogen) atoms. The highest BCUT2D eigenvalue weighted by Gasteiger charge is 2.32. The predicted molar refractivity (Wildman–Crippen MR) is 99.5 cm³/mol. The van der Waals surface area contributed by atoms with Gasteiger partial charge in [0.05, 0.1) is 11.8 Å². The van der Waals surface area contributed by atoms with Crippen LogP contribution in [-0.2, 0) is 32.1 Å². The lowest BCUT2D eigenvalue weighted by Crippen LogP contribution is -2.30. The highest BCUT2D eigenvalue weighted by Crippen LogP contribution is 2.36. The quantitative estimate of drug-likeness (QED) is 0.595. The lowest BCUT2D eigenvalue weighted by atomic mass is 10.0. The maximum Gasteiger partial charge on any atom is 0.416 e. The molecule has 3 heterocycles. The van der Waals surface area contributed by atoms with Crippen molar-refractivity contribution in [3.63, 3.8) is 0 Å². The number of nitrogens with zero attached hydrogens (tertiary/aromatic N) is 3. The second kappa shape index (κ2) is 7.20. The van der Waals surface area contributed by atoms with Gasteiger partial charge in [-0.3, -0.25) is 9.88 Å². The van der Waals surface area contributed by atoms with Crippen LogP contribution in [0.15, 0.2) is 36.7 Å². The summed E-state index contributed by atoms with van der Waals surface area (Å²) in [6, 6.07) is 5.43. The Labute approximate surface area is 160 Å². The maximum atomic E-state index is 13.4. The van der Waals surface area contributed by atoms with E-state index in [0.29, 0.717) is 24.9 Å². The van der Waals surface area contributed by atoms with Crippen molar-refractivity contribution in [2.45, 2.75) is 39.0 Å². The molecule has 0 bridgehead atoms. The number of benzene rings is 1. The van der Waals surface area contributed by atoms with Gasteiger partial charge in [0.2, 0.25) is 0 Å². The summed E-state index contributed by atoms with van der Waals surface area (Å²) in [5.41, 5.74) is 3.02. The van der Waals surface area contributed by atoms with Gasteiger partial charge in [-0.15, -0.1) is 0 Å². The second-order valence-corrected chi connectivity index (χ2v) is 7.19. The molecule has 1 aromatic carbocycles. The van der Waals surface area contributed by atoms with E-state index in [1.165, 1.54) is 12.1 Å². The third-order valence-electron chi connectivity index (χ3n) is 5.49. The second-order valence-electron chi connectivity index (χ2n) is 7.19.